The van der Waals surface area contributed by atoms with Crippen LogP contribution in [0.1, 0.15) is 91.9 Å². The molecule has 0 amide bonds. The van der Waals surface area contributed by atoms with Crippen molar-refractivity contribution in [1.29, 1.82) is 0 Å². The van der Waals surface area contributed by atoms with Gasteiger partial charge in [0.1, 0.15) is 0 Å². The van der Waals surface area contributed by atoms with E-state index >= 15 is 0 Å². The summed E-state index contributed by atoms with van der Waals surface area (Å²) in [5.41, 5.74) is 4.86. The van der Waals surface area contributed by atoms with Crippen LogP contribution in [-0.4, -0.2) is 19.5 Å². The molecule has 154 valence electrons. The molecule has 2 aliphatic rings. The van der Waals surface area contributed by atoms with E-state index in [-0.39, 0.29) is 6.29 Å². The molecule has 27 heavy (non-hydrogen) atoms. The fourth-order valence-corrected chi connectivity index (χ4v) is 4.53. The van der Waals surface area contributed by atoms with Gasteiger partial charge in [-0.05, 0) is 89.4 Å². The SMILES string of the molecule is C=C1CCCC(C)(C)[C@@H]1CC/C(C)=C/CC/C(C)=C/COC1CCCCO1. The Hall–Kier alpha value is -0.860. The van der Waals surface area contributed by atoms with Crippen molar-refractivity contribution >= 4 is 0 Å². The summed E-state index contributed by atoms with van der Waals surface area (Å²) in [5, 5.41) is 0. The van der Waals surface area contributed by atoms with Gasteiger partial charge in [0, 0.05) is 6.61 Å². The van der Waals surface area contributed by atoms with E-state index in [1.807, 2.05) is 0 Å². The Morgan fingerprint density at radius 2 is 1.93 bits per heavy atom. The normalized spacial score (nSPS) is 27.0. The predicted octanol–water partition coefficient (Wildman–Crippen LogP) is 7.37. The summed E-state index contributed by atoms with van der Waals surface area (Å²) in [7, 11) is 0. The molecule has 2 rings (SSSR count). The van der Waals surface area contributed by atoms with Crippen LogP contribution in [0.3, 0.4) is 0 Å². The van der Waals surface area contributed by atoms with Gasteiger partial charge in [0.25, 0.3) is 0 Å². The minimum atomic E-state index is 0.0173. The Kier molecular flexibility index (Phi) is 9.32. The maximum absolute atomic E-state index is 5.79. The van der Waals surface area contributed by atoms with Crippen LogP contribution in [0, 0.1) is 11.3 Å². The fourth-order valence-electron chi connectivity index (χ4n) is 4.53. The zero-order valence-electron chi connectivity index (χ0n) is 18.3. The van der Waals surface area contributed by atoms with Crippen molar-refractivity contribution < 1.29 is 9.47 Å². The van der Waals surface area contributed by atoms with Gasteiger partial charge in [0.15, 0.2) is 6.29 Å². The average molecular weight is 375 g/mol. The molecule has 1 aliphatic carbocycles. The summed E-state index contributed by atoms with van der Waals surface area (Å²) in [6.45, 7) is 15.3. The summed E-state index contributed by atoms with van der Waals surface area (Å²) in [6.07, 6.45) is 16.7. The van der Waals surface area contributed by atoms with Gasteiger partial charge in [-0.25, -0.2) is 0 Å². The molecule has 0 spiro atoms. The van der Waals surface area contributed by atoms with Crippen molar-refractivity contribution in [3.63, 3.8) is 0 Å². The monoisotopic (exact) mass is 374 g/mol. The molecule has 2 atom stereocenters. The van der Waals surface area contributed by atoms with E-state index in [9.17, 15) is 0 Å². The maximum atomic E-state index is 5.79. The molecule has 0 bridgehead atoms. The van der Waals surface area contributed by atoms with E-state index in [0.29, 0.717) is 17.9 Å². The lowest BCUT2D eigenvalue weighted by Gasteiger charge is -2.40. The van der Waals surface area contributed by atoms with E-state index in [0.717, 1.165) is 25.9 Å². The van der Waals surface area contributed by atoms with Crippen LogP contribution in [0.4, 0.5) is 0 Å². The van der Waals surface area contributed by atoms with Crippen LogP contribution in [0.15, 0.2) is 35.5 Å². The molecule has 1 saturated heterocycles. The van der Waals surface area contributed by atoms with Gasteiger partial charge < -0.3 is 9.47 Å². The number of allylic oxidation sites excluding steroid dienone is 4. The smallest absolute Gasteiger partial charge is 0.157 e. The number of rotatable bonds is 9. The molecular weight excluding hydrogens is 332 g/mol. The third kappa shape index (κ3) is 7.95. The largest absolute Gasteiger partial charge is 0.353 e. The Bertz CT molecular complexity index is 520. The maximum Gasteiger partial charge on any atom is 0.157 e. The molecule has 2 nitrogen and oxygen atoms in total. The first-order chi connectivity index (χ1) is 12.9. The number of hydrogen-bond donors (Lipinski definition) is 0. The van der Waals surface area contributed by atoms with Gasteiger partial charge in [-0.2, -0.15) is 0 Å². The van der Waals surface area contributed by atoms with Crippen LogP contribution < -0.4 is 0 Å². The van der Waals surface area contributed by atoms with Crippen LogP contribution >= 0.6 is 0 Å². The summed E-state index contributed by atoms with van der Waals surface area (Å²) < 4.78 is 11.4. The first kappa shape index (κ1) is 22.4. The van der Waals surface area contributed by atoms with Gasteiger partial charge in [-0.1, -0.05) is 49.3 Å². The van der Waals surface area contributed by atoms with E-state index in [4.69, 9.17) is 9.47 Å². The highest BCUT2D eigenvalue weighted by Gasteiger charge is 2.33. The highest BCUT2D eigenvalue weighted by molar-refractivity contribution is 5.11. The molecule has 0 aromatic rings. The molecule has 1 aliphatic heterocycles. The Labute approximate surface area is 168 Å². The summed E-state index contributed by atoms with van der Waals surface area (Å²) in [5.74, 6) is 0.690. The van der Waals surface area contributed by atoms with E-state index in [1.165, 1.54) is 61.7 Å². The highest BCUT2D eigenvalue weighted by Crippen LogP contribution is 2.45. The summed E-state index contributed by atoms with van der Waals surface area (Å²) in [6, 6.07) is 0. The molecule has 1 heterocycles. The number of hydrogen-bond acceptors (Lipinski definition) is 2. The van der Waals surface area contributed by atoms with Crippen LogP contribution in [0.2, 0.25) is 0 Å². The van der Waals surface area contributed by atoms with Crippen molar-refractivity contribution in [2.24, 2.45) is 11.3 Å². The lowest BCUT2D eigenvalue weighted by Crippen LogP contribution is -2.29. The summed E-state index contributed by atoms with van der Waals surface area (Å²) >= 11 is 0. The molecule has 0 radical (unpaired) electrons. The van der Waals surface area contributed by atoms with Crippen molar-refractivity contribution in [2.45, 2.75) is 98.2 Å². The Morgan fingerprint density at radius 1 is 1.15 bits per heavy atom. The van der Waals surface area contributed by atoms with Crippen LogP contribution in [0.5, 0.6) is 0 Å². The molecule has 2 fully saturated rings. The first-order valence-electron chi connectivity index (χ1n) is 11.1. The quantitative estimate of drug-likeness (QED) is 0.392. The molecular formula is C25H42O2. The van der Waals surface area contributed by atoms with E-state index < -0.39 is 0 Å². The minimum Gasteiger partial charge on any atom is -0.353 e. The second kappa shape index (κ2) is 11.2. The molecule has 0 aromatic heterocycles. The van der Waals surface area contributed by atoms with Gasteiger partial charge in [-0.15, -0.1) is 0 Å². The third-order valence-corrected chi connectivity index (χ3v) is 6.47. The second-order valence-electron chi connectivity index (χ2n) is 9.36. The van der Waals surface area contributed by atoms with Gasteiger partial charge in [0.05, 0.1) is 6.61 Å². The molecule has 1 unspecified atom stereocenters. The average Bonchev–Trinajstić information content (AvgIpc) is 2.61. The van der Waals surface area contributed by atoms with Gasteiger partial charge in [0.2, 0.25) is 0 Å². The molecule has 0 aromatic carbocycles. The minimum absolute atomic E-state index is 0.0173. The fraction of sp³-hybridized carbons (Fsp3) is 0.760. The summed E-state index contributed by atoms with van der Waals surface area (Å²) in [4.78, 5) is 0. The van der Waals surface area contributed by atoms with E-state index in [1.54, 1.807) is 0 Å². The van der Waals surface area contributed by atoms with Crippen molar-refractivity contribution in [1.82, 2.24) is 0 Å². The van der Waals surface area contributed by atoms with Crippen molar-refractivity contribution in [2.75, 3.05) is 13.2 Å². The topological polar surface area (TPSA) is 18.5 Å². The molecule has 1 saturated carbocycles. The number of ether oxygens (including phenoxy) is 2. The highest BCUT2D eigenvalue weighted by atomic mass is 16.7. The lowest BCUT2D eigenvalue weighted by molar-refractivity contribution is -0.155. The van der Waals surface area contributed by atoms with Crippen LogP contribution in [0.25, 0.3) is 0 Å². The lowest BCUT2D eigenvalue weighted by atomic mass is 9.65. The first-order valence-corrected chi connectivity index (χ1v) is 11.1. The van der Waals surface area contributed by atoms with Crippen LogP contribution in [-0.2, 0) is 9.47 Å². The van der Waals surface area contributed by atoms with Gasteiger partial charge in [-0.3, -0.25) is 0 Å². The second-order valence-corrected chi connectivity index (χ2v) is 9.36. The zero-order valence-corrected chi connectivity index (χ0v) is 18.3. The standard InChI is InChI=1S/C25H42O2/c1-20(14-15-23-22(3)12-9-17-25(23,4)5)10-8-11-21(2)16-19-27-24-13-6-7-18-26-24/h10,16,23-24H,3,6-9,11-15,17-19H2,1-2,4-5H3/b20-10+,21-16+/t23-,24?/m1/s1. The van der Waals surface area contributed by atoms with Crippen molar-refractivity contribution in [3.05, 3.63) is 35.5 Å². The zero-order chi connectivity index (χ0) is 19.7. The molecule has 0 N–H and O–H groups in total. The van der Waals surface area contributed by atoms with Crippen molar-refractivity contribution in [3.8, 4) is 0 Å². The molecule has 2 heteroatoms. The Balaban J connectivity index is 1.65. The third-order valence-electron chi connectivity index (χ3n) is 6.47. The van der Waals surface area contributed by atoms with E-state index in [2.05, 4.69) is 46.4 Å². The van der Waals surface area contributed by atoms with Gasteiger partial charge >= 0.3 is 0 Å². The predicted molar refractivity (Wildman–Crippen MR) is 116 cm³/mol. The Morgan fingerprint density at radius 3 is 2.63 bits per heavy atom.